The maximum absolute atomic E-state index is 10.9. The fraction of sp³-hybridized carbons (Fsp3) is 0.273. The van der Waals surface area contributed by atoms with Gasteiger partial charge in [0.2, 0.25) is 5.78 Å². The summed E-state index contributed by atoms with van der Waals surface area (Å²) in [5, 5.41) is 18.0. The van der Waals surface area contributed by atoms with Crippen LogP contribution in [0.25, 0.3) is 0 Å². The van der Waals surface area contributed by atoms with Gasteiger partial charge in [-0.3, -0.25) is 4.79 Å². The zero-order valence-electron chi connectivity index (χ0n) is 9.07. The molecule has 6 heteroatoms. The van der Waals surface area contributed by atoms with Crippen molar-refractivity contribution in [1.29, 1.82) is 0 Å². The molecule has 0 atom stereocenters. The Morgan fingerprint density at radius 3 is 2.59 bits per heavy atom. The van der Waals surface area contributed by atoms with Crippen molar-refractivity contribution in [3.63, 3.8) is 0 Å². The summed E-state index contributed by atoms with van der Waals surface area (Å²) in [5.74, 6) is -2.31. The van der Waals surface area contributed by atoms with Crippen LogP contribution < -0.4 is 4.74 Å². The van der Waals surface area contributed by atoms with Gasteiger partial charge in [0.1, 0.15) is 0 Å². The van der Waals surface area contributed by atoms with Crippen molar-refractivity contribution in [2.75, 3.05) is 7.11 Å². The smallest absolute Gasteiger partial charge is 0.372 e. The van der Waals surface area contributed by atoms with Gasteiger partial charge >= 0.3 is 5.97 Å². The van der Waals surface area contributed by atoms with Crippen LogP contribution in [0.15, 0.2) is 12.1 Å². The zero-order chi connectivity index (χ0) is 13.0. The van der Waals surface area contributed by atoms with Crippen LogP contribution in [0, 0.1) is 0 Å². The topological polar surface area (TPSA) is 83.8 Å². The zero-order valence-corrected chi connectivity index (χ0v) is 9.82. The Bertz CT molecular complexity index is 455. The van der Waals surface area contributed by atoms with Gasteiger partial charge in [0, 0.05) is 6.42 Å². The van der Waals surface area contributed by atoms with Gasteiger partial charge in [-0.15, -0.1) is 0 Å². The molecule has 2 N–H and O–H groups in total. The number of hydrogen-bond acceptors (Lipinski definition) is 4. The molecular formula is C11H11ClO5. The highest BCUT2D eigenvalue weighted by Crippen LogP contribution is 2.35. The van der Waals surface area contributed by atoms with Gasteiger partial charge in [-0.05, 0) is 24.1 Å². The molecule has 0 saturated carbocycles. The minimum atomic E-state index is -1.46. The first kappa shape index (κ1) is 13.3. The number of Topliss-reactive ketones (excluding diaryl/α,β-unsaturated/α-hetero) is 1. The highest BCUT2D eigenvalue weighted by molar-refractivity contribution is 6.33. The van der Waals surface area contributed by atoms with E-state index in [1.54, 1.807) is 0 Å². The molecule has 0 bridgehead atoms. The summed E-state index contributed by atoms with van der Waals surface area (Å²) in [6, 6.07) is 2.98. The van der Waals surface area contributed by atoms with Crippen LogP contribution in [0.1, 0.15) is 12.0 Å². The lowest BCUT2D eigenvalue weighted by Crippen LogP contribution is -2.12. The molecule has 17 heavy (non-hydrogen) atoms. The van der Waals surface area contributed by atoms with E-state index in [4.69, 9.17) is 21.4 Å². The van der Waals surface area contributed by atoms with Gasteiger partial charge in [-0.2, -0.15) is 0 Å². The SMILES string of the molecule is COc1cc(CCC(=O)C(=O)O)cc(Cl)c1O. The van der Waals surface area contributed by atoms with Crippen LogP contribution in [-0.4, -0.2) is 29.1 Å². The molecule has 0 aliphatic heterocycles. The molecule has 0 unspecified atom stereocenters. The average molecular weight is 259 g/mol. The van der Waals surface area contributed by atoms with Crippen LogP contribution in [-0.2, 0) is 16.0 Å². The molecule has 5 nitrogen and oxygen atoms in total. The van der Waals surface area contributed by atoms with E-state index >= 15 is 0 Å². The maximum atomic E-state index is 10.9. The van der Waals surface area contributed by atoms with E-state index in [-0.39, 0.29) is 29.4 Å². The van der Waals surface area contributed by atoms with Crippen LogP contribution in [0.2, 0.25) is 5.02 Å². The third-order valence-corrected chi connectivity index (χ3v) is 2.48. The van der Waals surface area contributed by atoms with E-state index in [0.717, 1.165) is 0 Å². The van der Waals surface area contributed by atoms with Crippen molar-refractivity contribution in [3.05, 3.63) is 22.7 Å². The standard InChI is InChI=1S/C11H11ClO5/c1-17-9-5-6(4-7(12)10(9)14)2-3-8(13)11(15)16/h4-5,14H,2-3H2,1H3,(H,15,16). The number of methoxy groups -OCH3 is 1. The lowest BCUT2D eigenvalue weighted by atomic mass is 10.1. The highest BCUT2D eigenvalue weighted by atomic mass is 35.5. The van der Waals surface area contributed by atoms with Gasteiger partial charge < -0.3 is 14.9 Å². The number of halogens is 1. The van der Waals surface area contributed by atoms with Crippen molar-refractivity contribution in [3.8, 4) is 11.5 Å². The molecule has 0 saturated heterocycles. The number of carboxylic acid groups (broad SMARTS) is 1. The summed E-state index contributed by atoms with van der Waals surface area (Å²) in [7, 11) is 1.37. The number of rotatable bonds is 5. The number of carbonyl (C=O) groups excluding carboxylic acids is 1. The summed E-state index contributed by atoms with van der Waals surface area (Å²) in [6.07, 6.45) is 0.0983. The summed E-state index contributed by atoms with van der Waals surface area (Å²) in [4.78, 5) is 21.2. The van der Waals surface area contributed by atoms with Crippen molar-refractivity contribution < 1.29 is 24.5 Å². The van der Waals surface area contributed by atoms with E-state index in [9.17, 15) is 14.7 Å². The molecule has 1 aromatic rings. The quantitative estimate of drug-likeness (QED) is 0.785. The maximum Gasteiger partial charge on any atom is 0.372 e. The predicted octanol–water partition coefficient (Wildman–Crippen LogP) is 1.64. The molecule has 0 amide bonds. The van der Waals surface area contributed by atoms with Crippen LogP contribution in [0.5, 0.6) is 11.5 Å². The Labute approximate surface area is 103 Å². The van der Waals surface area contributed by atoms with Crippen LogP contribution in [0.4, 0.5) is 0 Å². The predicted molar refractivity (Wildman–Crippen MR) is 60.6 cm³/mol. The third-order valence-electron chi connectivity index (χ3n) is 2.19. The minimum absolute atomic E-state index is 0.0992. The van der Waals surface area contributed by atoms with Crippen molar-refractivity contribution in [2.24, 2.45) is 0 Å². The molecule has 0 aliphatic carbocycles. The second-order valence-electron chi connectivity index (χ2n) is 3.36. The fourth-order valence-corrected chi connectivity index (χ4v) is 1.53. The fourth-order valence-electron chi connectivity index (χ4n) is 1.29. The number of ketones is 1. The molecule has 1 aromatic carbocycles. The van der Waals surface area contributed by atoms with Gasteiger partial charge in [0.25, 0.3) is 0 Å². The Morgan fingerprint density at radius 1 is 1.41 bits per heavy atom. The highest BCUT2D eigenvalue weighted by Gasteiger charge is 2.13. The molecule has 0 fully saturated rings. The Hall–Kier alpha value is -1.75. The molecule has 0 heterocycles. The summed E-state index contributed by atoms with van der Waals surface area (Å²) < 4.78 is 4.89. The number of benzene rings is 1. The second-order valence-corrected chi connectivity index (χ2v) is 3.76. The largest absolute Gasteiger partial charge is 0.503 e. The molecular weight excluding hydrogens is 248 g/mol. The van der Waals surface area contributed by atoms with Crippen molar-refractivity contribution in [1.82, 2.24) is 0 Å². The lowest BCUT2D eigenvalue weighted by Gasteiger charge is -2.08. The number of carboxylic acids is 1. The Kier molecular flexibility index (Phi) is 4.34. The number of phenols is 1. The van der Waals surface area contributed by atoms with E-state index in [1.807, 2.05) is 0 Å². The van der Waals surface area contributed by atoms with Crippen molar-refractivity contribution >= 4 is 23.4 Å². The number of phenolic OH excluding ortho intramolecular Hbond substituents is 1. The van der Waals surface area contributed by atoms with E-state index in [1.165, 1.54) is 19.2 Å². The van der Waals surface area contributed by atoms with E-state index in [2.05, 4.69) is 0 Å². The summed E-state index contributed by atoms with van der Waals surface area (Å²) >= 11 is 5.74. The Morgan fingerprint density at radius 2 is 2.06 bits per heavy atom. The van der Waals surface area contributed by atoms with Gasteiger partial charge in [0.05, 0.1) is 12.1 Å². The number of hydrogen-bond donors (Lipinski definition) is 2. The second kappa shape index (κ2) is 5.54. The first-order valence-corrected chi connectivity index (χ1v) is 5.15. The molecule has 0 spiro atoms. The minimum Gasteiger partial charge on any atom is -0.503 e. The summed E-state index contributed by atoms with van der Waals surface area (Å²) in [5.41, 5.74) is 0.624. The number of carbonyl (C=O) groups is 2. The van der Waals surface area contributed by atoms with E-state index < -0.39 is 11.8 Å². The molecule has 92 valence electrons. The van der Waals surface area contributed by atoms with Crippen LogP contribution >= 0.6 is 11.6 Å². The molecule has 0 aliphatic rings. The monoisotopic (exact) mass is 258 g/mol. The van der Waals surface area contributed by atoms with Gasteiger partial charge in [-0.25, -0.2) is 4.79 Å². The average Bonchev–Trinajstić information content (AvgIpc) is 2.29. The summed E-state index contributed by atoms with van der Waals surface area (Å²) in [6.45, 7) is 0. The molecule has 0 aromatic heterocycles. The number of aliphatic carboxylic acids is 1. The Balaban J connectivity index is 2.82. The number of aryl methyl sites for hydroxylation is 1. The van der Waals surface area contributed by atoms with Gasteiger partial charge in [-0.1, -0.05) is 11.6 Å². The first-order valence-electron chi connectivity index (χ1n) is 4.77. The number of ether oxygens (including phenoxy) is 1. The van der Waals surface area contributed by atoms with Gasteiger partial charge in [0.15, 0.2) is 11.5 Å². The first-order chi connectivity index (χ1) is 7.95. The normalized spacial score (nSPS) is 10.0. The third kappa shape index (κ3) is 3.35. The lowest BCUT2D eigenvalue weighted by molar-refractivity contribution is -0.149. The molecule has 0 radical (unpaired) electrons. The van der Waals surface area contributed by atoms with Crippen molar-refractivity contribution in [2.45, 2.75) is 12.8 Å². The van der Waals surface area contributed by atoms with Crippen LogP contribution in [0.3, 0.4) is 0 Å². The van der Waals surface area contributed by atoms with E-state index in [0.29, 0.717) is 5.56 Å². The molecule has 1 rings (SSSR count). The number of aromatic hydroxyl groups is 1.